The molecule has 2 aromatic rings. The minimum absolute atomic E-state index is 0.305. The lowest BCUT2D eigenvalue weighted by Gasteiger charge is -2.37. The minimum Gasteiger partial charge on any atom is -0.496 e. The molecule has 0 aliphatic carbocycles. The molecule has 0 radical (unpaired) electrons. The molecular weight excluding hydrogens is 396 g/mol. The Bertz CT molecular complexity index is 906. The summed E-state index contributed by atoms with van der Waals surface area (Å²) in [5, 5.41) is 2.50. The first-order valence-corrected chi connectivity index (χ1v) is 10.1. The third kappa shape index (κ3) is 6.84. The Balaban J connectivity index is 1.96. The number of nitrogens with one attached hydrogen (secondary N) is 1. The lowest BCUT2D eigenvalue weighted by atomic mass is 10.0. The molecule has 1 N–H and O–H groups in total. The number of nitrogens with zero attached hydrogens (tertiary/aromatic N) is 1. The van der Waals surface area contributed by atoms with Gasteiger partial charge in [-0.2, -0.15) is 0 Å². The van der Waals surface area contributed by atoms with Crippen LogP contribution < -0.4 is 10.1 Å². The summed E-state index contributed by atoms with van der Waals surface area (Å²) >= 11 is 0. The average Bonchev–Trinajstić information content (AvgIpc) is 2.75. The first kappa shape index (κ1) is 23.9. The molecule has 0 saturated heterocycles. The van der Waals surface area contributed by atoms with Crippen molar-refractivity contribution >= 4 is 17.8 Å². The maximum absolute atomic E-state index is 13.0. The molecule has 2 rings (SSSR count). The van der Waals surface area contributed by atoms with Crippen LogP contribution in [0.2, 0.25) is 0 Å². The maximum atomic E-state index is 13.0. The second-order valence-electron chi connectivity index (χ2n) is 8.10. The molecule has 0 bridgehead atoms. The molecule has 31 heavy (non-hydrogen) atoms. The summed E-state index contributed by atoms with van der Waals surface area (Å²) in [7, 11) is 1.46. The fourth-order valence-electron chi connectivity index (χ4n) is 3.00. The van der Waals surface area contributed by atoms with Crippen molar-refractivity contribution in [2.24, 2.45) is 0 Å². The SMILES string of the molecule is COc1ccccc1C(=O)NCC(=O)O[C@@H](C)C(=O)N(Cc1ccccc1)C(C)(C)C. The van der Waals surface area contributed by atoms with Gasteiger partial charge in [0.1, 0.15) is 12.3 Å². The smallest absolute Gasteiger partial charge is 0.326 e. The Labute approximate surface area is 183 Å². The van der Waals surface area contributed by atoms with Crippen LogP contribution in [0.4, 0.5) is 0 Å². The van der Waals surface area contributed by atoms with Crippen LogP contribution in [0.25, 0.3) is 0 Å². The van der Waals surface area contributed by atoms with Crippen LogP contribution in [0.5, 0.6) is 5.75 Å². The van der Waals surface area contributed by atoms with E-state index in [9.17, 15) is 14.4 Å². The molecule has 7 nitrogen and oxygen atoms in total. The number of carbonyl (C=O) groups excluding carboxylic acids is 3. The number of rotatable bonds is 8. The van der Waals surface area contributed by atoms with E-state index in [2.05, 4.69) is 5.32 Å². The van der Waals surface area contributed by atoms with Gasteiger partial charge in [-0.05, 0) is 45.4 Å². The lowest BCUT2D eigenvalue weighted by Crippen LogP contribution is -2.50. The van der Waals surface area contributed by atoms with Crippen molar-refractivity contribution in [2.75, 3.05) is 13.7 Å². The van der Waals surface area contributed by atoms with Gasteiger partial charge in [-0.1, -0.05) is 42.5 Å². The van der Waals surface area contributed by atoms with Gasteiger partial charge in [-0.15, -0.1) is 0 Å². The molecule has 0 saturated carbocycles. The molecule has 166 valence electrons. The summed E-state index contributed by atoms with van der Waals surface area (Å²) in [5.41, 5.74) is 0.822. The molecule has 0 heterocycles. The monoisotopic (exact) mass is 426 g/mol. The molecule has 2 aromatic carbocycles. The number of ether oxygens (including phenoxy) is 2. The van der Waals surface area contributed by atoms with Crippen LogP contribution in [-0.2, 0) is 20.9 Å². The van der Waals surface area contributed by atoms with E-state index in [0.29, 0.717) is 17.9 Å². The second-order valence-corrected chi connectivity index (χ2v) is 8.10. The van der Waals surface area contributed by atoms with Gasteiger partial charge in [-0.3, -0.25) is 14.4 Å². The highest BCUT2D eigenvalue weighted by molar-refractivity contribution is 5.98. The summed E-state index contributed by atoms with van der Waals surface area (Å²) in [6.07, 6.45) is -0.987. The standard InChI is InChI=1S/C24H30N2O5/c1-17(23(29)26(24(2,3)4)16-18-11-7-6-8-12-18)31-21(27)15-25-22(28)19-13-9-10-14-20(19)30-5/h6-14,17H,15-16H2,1-5H3,(H,25,28)/t17-/m0/s1. The van der Waals surface area contributed by atoms with Gasteiger partial charge in [0.15, 0.2) is 6.10 Å². The second kappa shape index (κ2) is 10.6. The number of hydrogen-bond acceptors (Lipinski definition) is 5. The minimum atomic E-state index is -0.987. The first-order valence-electron chi connectivity index (χ1n) is 10.1. The molecule has 2 amide bonds. The Morgan fingerprint density at radius 3 is 2.23 bits per heavy atom. The van der Waals surface area contributed by atoms with Gasteiger partial charge in [0, 0.05) is 12.1 Å². The van der Waals surface area contributed by atoms with E-state index in [1.165, 1.54) is 14.0 Å². The fourth-order valence-corrected chi connectivity index (χ4v) is 3.00. The maximum Gasteiger partial charge on any atom is 0.326 e. The largest absolute Gasteiger partial charge is 0.496 e. The molecule has 0 aromatic heterocycles. The average molecular weight is 427 g/mol. The Morgan fingerprint density at radius 1 is 1.00 bits per heavy atom. The number of carbonyl (C=O) groups is 3. The van der Waals surface area contributed by atoms with Crippen molar-refractivity contribution in [1.29, 1.82) is 0 Å². The number of methoxy groups -OCH3 is 1. The zero-order valence-electron chi connectivity index (χ0n) is 18.7. The molecule has 0 unspecified atom stereocenters. The van der Waals surface area contributed by atoms with E-state index in [0.717, 1.165) is 5.56 Å². The number of amides is 2. The zero-order chi connectivity index (χ0) is 23.0. The van der Waals surface area contributed by atoms with Crippen molar-refractivity contribution in [3.05, 3.63) is 65.7 Å². The van der Waals surface area contributed by atoms with Crippen LogP contribution in [0.15, 0.2) is 54.6 Å². The third-order valence-electron chi connectivity index (χ3n) is 4.66. The number of esters is 1. The summed E-state index contributed by atoms with van der Waals surface area (Å²) in [4.78, 5) is 39.2. The molecule has 0 aliphatic rings. The molecule has 7 heteroatoms. The van der Waals surface area contributed by atoms with E-state index in [-0.39, 0.29) is 12.5 Å². The number of para-hydroxylation sites is 1. The van der Waals surface area contributed by atoms with Crippen molar-refractivity contribution < 1.29 is 23.9 Å². The van der Waals surface area contributed by atoms with Crippen molar-refractivity contribution in [1.82, 2.24) is 10.2 Å². The van der Waals surface area contributed by atoms with Crippen LogP contribution in [0.1, 0.15) is 43.6 Å². The lowest BCUT2D eigenvalue weighted by molar-refractivity contribution is -0.161. The van der Waals surface area contributed by atoms with Gasteiger partial charge < -0.3 is 19.7 Å². The van der Waals surface area contributed by atoms with Gasteiger partial charge >= 0.3 is 5.97 Å². The Morgan fingerprint density at radius 2 is 1.61 bits per heavy atom. The highest BCUT2D eigenvalue weighted by Gasteiger charge is 2.31. The van der Waals surface area contributed by atoms with Crippen molar-refractivity contribution in [2.45, 2.75) is 45.9 Å². The molecule has 0 spiro atoms. The van der Waals surface area contributed by atoms with Crippen molar-refractivity contribution in [3.8, 4) is 5.75 Å². The molecule has 1 atom stereocenters. The van der Waals surface area contributed by atoms with Crippen LogP contribution >= 0.6 is 0 Å². The van der Waals surface area contributed by atoms with Gasteiger partial charge in [0.05, 0.1) is 12.7 Å². The van der Waals surface area contributed by atoms with Crippen molar-refractivity contribution in [3.63, 3.8) is 0 Å². The topological polar surface area (TPSA) is 84.9 Å². The van der Waals surface area contributed by atoms with E-state index in [1.807, 2.05) is 51.1 Å². The Hall–Kier alpha value is -3.35. The van der Waals surface area contributed by atoms with E-state index in [4.69, 9.17) is 9.47 Å². The zero-order valence-corrected chi connectivity index (χ0v) is 18.7. The summed E-state index contributed by atoms with van der Waals surface area (Å²) < 4.78 is 10.4. The Kier molecular flexibility index (Phi) is 8.19. The predicted molar refractivity (Wildman–Crippen MR) is 118 cm³/mol. The summed E-state index contributed by atoms with van der Waals surface area (Å²) in [5.74, 6) is -1.06. The van der Waals surface area contributed by atoms with Crippen LogP contribution in [-0.4, -0.2) is 48.0 Å². The molecule has 0 aliphatic heterocycles. The van der Waals surface area contributed by atoms with Crippen LogP contribution in [0, 0.1) is 0 Å². The predicted octanol–water partition coefficient (Wildman–Crippen LogP) is 3.18. The highest BCUT2D eigenvalue weighted by atomic mass is 16.5. The van der Waals surface area contributed by atoms with Gasteiger partial charge in [0.25, 0.3) is 11.8 Å². The number of hydrogen-bond donors (Lipinski definition) is 1. The summed E-state index contributed by atoms with van der Waals surface area (Å²) in [6.45, 7) is 7.35. The normalized spacial score (nSPS) is 11.9. The fraction of sp³-hybridized carbons (Fsp3) is 0.375. The van der Waals surface area contributed by atoms with E-state index >= 15 is 0 Å². The van der Waals surface area contributed by atoms with Gasteiger partial charge in [-0.25, -0.2) is 0 Å². The molecular formula is C24H30N2O5. The van der Waals surface area contributed by atoms with E-state index in [1.54, 1.807) is 29.2 Å². The quantitative estimate of drug-likeness (QED) is 0.656. The van der Waals surface area contributed by atoms with Gasteiger partial charge in [0.2, 0.25) is 0 Å². The number of benzene rings is 2. The molecule has 0 fully saturated rings. The van der Waals surface area contributed by atoms with E-state index < -0.39 is 23.5 Å². The van der Waals surface area contributed by atoms with Crippen LogP contribution in [0.3, 0.4) is 0 Å². The summed E-state index contributed by atoms with van der Waals surface area (Å²) in [6, 6.07) is 16.3. The highest BCUT2D eigenvalue weighted by Crippen LogP contribution is 2.20. The first-order chi connectivity index (χ1) is 14.6. The third-order valence-corrected chi connectivity index (χ3v) is 4.66.